The smallest absolute Gasteiger partial charge is 0.341 e. The number of esters is 1. The van der Waals surface area contributed by atoms with Crippen molar-refractivity contribution in [2.24, 2.45) is 0 Å². The molecule has 0 fully saturated rings. The van der Waals surface area contributed by atoms with E-state index in [1.165, 1.54) is 13.0 Å². The third-order valence-electron chi connectivity index (χ3n) is 4.10. The Bertz CT molecular complexity index is 976. The first-order valence-corrected chi connectivity index (χ1v) is 10.2. The molecule has 0 atom stereocenters. The van der Waals surface area contributed by atoms with Crippen LogP contribution in [0.4, 0.5) is 5.00 Å². The zero-order valence-corrected chi connectivity index (χ0v) is 18.5. The number of ether oxygens (including phenoxy) is 3. The minimum absolute atomic E-state index is 0.180. The van der Waals surface area contributed by atoms with Gasteiger partial charge in [-0.1, -0.05) is 6.07 Å². The van der Waals surface area contributed by atoms with Gasteiger partial charge in [-0.25, -0.2) is 4.79 Å². The second kappa shape index (κ2) is 10.6. The number of nitrogens with one attached hydrogen (secondary N) is 1. The molecule has 160 valence electrons. The number of benzene rings is 1. The van der Waals surface area contributed by atoms with E-state index >= 15 is 0 Å². The molecule has 0 spiro atoms. The molecule has 0 radical (unpaired) electrons. The summed E-state index contributed by atoms with van der Waals surface area (Å²) in [5.74, 6) is -0.0184. The number of thiophene rings is 1. The van der Waals surface area contributed by atoms with Crippen molar-refractivity contribution in [3.8, 4) is 11.5 Å². The van der Waals surface area contributed by atoms with Gasteiger partial charge in [-0.15, -0.1) is 11.3 Å². The van der Waals surface area contributed by atoms with Crippen molar-refractivity contribution in [3.05, 3.63) is 45.8 Å². The number of amides is 1. The lowest BCUT2D eigenvalue weighted by Crippen LogP contribution is -2.12. The van der Waals surface area contributed by atoms with Crippen molar-refractivity contribution in [2.75, 3.05) is 25.6 Å². The van der Waals surface area contributed by atoms with Crippen molar-refractivity contribution in [2.45, 2.75) is 27.7 Å². The van der Waals surface area contributed by atoms with Crippen molar-refractivity contribution in [1.82, 2.24) is 0 Å². The highest BCUT2D eigenvalue weighted by atomic mass is 32.1. The van der Waals surface area contributed by atoms with Crippen LogP contribution >= 0.6 is 11.3 Å². The normalized spacial score (nSPS) is 10.7. The highest BCUT2D eigenvalue weighted by Crippen LogP contribution is 2.34. The summed E-state index contributed by atoms with van der Waals surface area (Å²) in [6, 6.07) is 5.31. The van der Waals surface area contributed by atoms with E-state index in [2.05, 4.69) is 5.32 Å². The lowest BCUT2D eigenvalue weighted by atomic mass is 10.1. The third kappa shape index (κ3) is 5.48. The standard InChI is InChI=1S/C22H25NO6S/c1-6-28-16-10-8-15(12-17(16)27-5)9-11-18(25)23-21-19(22(26)29-7-2)13(3)20(30-21)14(4)24/h8-12H,6-7H2,1-5H3,(H,23,25)/b11-9+. The van der Waals surface area contributed by atoms with Gasteiger partial charge in [0.05, 0.1) is 30.8 Å². The highest BCUT2D eigenvalue weighted by molar-refractivity contribution is 7.18. The maximum atomic E-state index is 12.4. The Kier molecular flexibility index (Phi) is 8.17. The fourth-order valence-electron chi connectivity index (χ4n) is 2.77. The fourth-order valence-corrected chi connectivity index (χ4v) is 3.87. The molecule has 1 N–H and O–H groups in total. The molecule has 30 heavy (non-hydrogen) atoms. The first-order chi connectivity index (χ1) is 14.3. The number of methoxy groups -OCH3 is 1. The number of Topliss-reactive ketones (excluding diaryl/α,β-unsaturated/α-hetero) is 1. The first-order valence-electron chi connectivity index (χ1n) is 9.43. The molecule has 1 aromatic heterocycles. The molecule has 2 aromatic rings. The molecule has 1 amide bonds. The number of ketones is 1. The Hall–Kier alpha value is -3.13. The molecule has 0 unspecified atom stereocenters. The number of hydrogen-bond donors (Lipinski definition) is 1. The molecule has 0 saturated carbocycles. The van der Waals surface area contributed by atoms with Crippen LogP contribution in [0.5, 0.6) is 11.5 Å². The number of hydrogen-bond acceptors (Lipinski definition) is 7. The van der Waals surface area contributed by atoms with Gasteiger partial charge in [0.2, 0.25) is 5.91 Å². The lowest BCUT2D eigenvalue weighted by molar-refractivity contribution is -0.111. The molecular formula is C22H25NO6S. The van der Waals surface area contributed by atoms with Crippen LogP contribution in [0.3, 0.4) is 0 Å². The Morgan fingerprint density at radius 3 is 2.47 bits per heavy atom. The van der Waals surface area contributed by atoms with Crippen molar-refractivity contribution in [3.63, 3.8) is 0 Å². The van der Waals surface area contributed by atoms with Crippen LogP contribution in [0.15, 0.2) is 24.3 Å². The molecule has 0 bridgehead atoms. The summed E-state index contributed by atoms with van der Waals surface area (Å²) in [5, 5.41) is 2.97. The molecule has 0 aliphatic carbocycles. The zero-order chi connectivity index (χ0) is 22.3. The Morgan fingerprint density at radius 2 is 1.87 bits per heavy atom. The van der Waals surface area contributed by atoms with Crippen LogP contribution in [0.1, 0.15) is 51.9 Å². The fraction of sp³-hybridized carbons (Fsp3) is 0.318. The Balaban J connectivity index is 2.24. The van der Waals surface area contributed by atoms with E-state index in [0.29, 0.717) is 28.5 Å². The third-order valence-corrected chi connectivity index (χ3v) is 5.41. The van der Waals surface area contributed by atoms with Crippen LogP contribution in [-0.4, -0.2) is 38.0 Å². The number of rotatable bonds is 9. The molecule has 0 aliphatic heterocycles. The quantitative estimate of drug-likeness (QED) is 0.357. The van der Waals surface area contributed by atoms with E-state index in [0.717, 1.165) is 16.9 Å². The predicted molar refractivity (Wildman–Crippen MR) is 117 cm³/mol. The predicted octanol–water partition coefficient (Wildman–Crippen LogP) is 4.50. The molecule has 1 heterocycles. The summed E-state index contributed by atoms with van der Waals surface area (Å²) >= 11 is 1.06. The Morgan fingerprint density at radius 1 is 1.13 bits per heavy atom. The van der Waals surface area contributed by atoms with Crippen molar-refractivity contribution in [1.29, 1.82) is 0 Å². The maximum absolute atomic E-state index is 12.4. The molecule has 2 rings (SSSR count). The Labute approximate surface area is 179 Å². The van der Waals surface area contributed by atoms with Gasteiger partial charge in [0.25, 0.3) is 0 Å². The number of carbonyl (C=O) groups is 3. The average Bonchev–Trinajstić information content (AvgIpc) is 3.03. The van der Waals surface area contributed by atoms with Crippen LogP contribution in [0, 0.1) is 6.92 Å². The lowest BCUT2D eigenvalue weighted by Gasteiger charge is -2.09. The summed E-state index contributed by atoms with van der Waals surface area (Å²) in [6.45, 7) is 7.36. The minimum atomic E-state index is -0.575. The second-order valence-electron chi connectivity index (χ2n) is 6.20. The molecule has 8 heteroatoms. The SMILES string of the molecule is CCOC(=O)c1c(NC(=O)/C=C/c2ccc(OCC)c(OC)c2)sc(C(C)=O)c1C. The van der Waals surface area contributed by atoms with Crippen LogP contribution in [0.25, 0.3) is 6.08 Å². The van der Waals surface area contributed by atoms with Crippen LogP contribution in [-0.2, 0) is 9.53 Å². The van der Waals surface area contributed by atoms with Crippen molar-refractivity contribution < 1.29 is 28.6 Å². The van der Waals surface area contributed by atoms with Gasteiger partial charge >= 0.3 is 5.97 Å². The molecule has 1 aromatic carbocycles. The van der Waals surface area contributed by atoms with Gasteiger partial charge in [0.15, 0.2) is 17.3 Å². The van der Waals surface area contributed by atoms with Gasteiger partial charge in [-0.05, 0) is 57.0 Å². The van der Waals surface area contributed by atoms with Crippen LogP contribution in [0.2, 0.25) is 0 Å². The molecular weight excluding hydrogens is 406 g/mol. The number of carbonyl (C=O) groups excluding carboxylic acids is 3. The van der Waals surface area contributed by atoms with Gasteiger partial charge in [0.1, 0.15) is 5.00 Å². The summed E-state index contributed by atoms with van der Waals surface area (Å²) in [4.78, 5) is 37.0. The van der Waals surface area contributed by atoms with E-state index < -0.39 is 11.9 Å². The molecule has 0 aliphatic rings. The van der Waals surface area contributed by atoms with E-state index in [1.807, 2.05) is 6.92 Å². The molecule has 7 nitrogen and oxygen atoms in total. The monoisotopic (exact) mass is 431 g/mol. The first kappa shape index (κ1) is 23.2. The van der Waals surface area contributed by atoms with E-state index in [-0.39, 0.29) is 23.0 Å². The zero-order valence-electron chi connectivity index (χ0n) is 17.7. The van der Waals surface area contributed by atoms with E-state index in [1.54, 1.807) is 45.2 Å². The van der Waals surface area contributed by atoms with Gasteiger partial charge in [-0.2, -0.15) is 0 Å². The summed E-state index contributed by atoms with van der Waals surface area (Å²) < 4.78 is 15.9. The average molecular weight is 432 g/mol. The summed E-state index contributed by atoms with van der Waals surface area (Å²) in [7, 11) is 1.54. The number of anilines is 1. The summed E-state index contributed by atoms with van der Waals surface area (Å²) in [6.07, 6.45) is 2.95. The largest absolute Gasteiger partial charge is 0.493 e. The highest BCUT2D eigenvalue weighted by Gasteiger charge is 2.24. The van der Waals surface area contributed by atoms with Gasteiger partial charge in [0, 0.05) is 6.08 Å². The molecule has 0 saturated heterocycles. The second-order valence-corrected chi connectivity index (χ2v) is 7.22. The van der Waals surface area contributed by atoms with Crippen molar-refractivity contribution >= 4 is 40.1 Å². The maximum Gasteiger partial charge on any atom is 0.341 e. The minimum Gasteiger partial charge on any atom is -0.493 e. The van der Waals surface area contributed by atoms with Gasteiger partial charge in [-0.3, -0.25) is 9.59 Å². The van der Waals surface area contributed by atoms with E-state index in [9.17, 15) is 14.4 Å². The van der Waals surface area contributed by atoms with E-state index in [4.69, 9.17) is 14.2 Å². The summed E-state index contributed by atoms with van der Waals surface area (Å²) in [5.41, 5.74) is 1.45. The van der Waals surface area contributed by atoms with Gasteiger partial charge < -0.3 is 19.5 Å². The van der Waals surface area contributed by atoms with Crippen LogP contribution < -0.4 is 14.8 Å². The topological polar surface area (TPSA) is 90.9 Å².